The van der Waals surface area contributed by atoms with E-state index in [2.05, 4.69) is 49.9 Å². The molecule has 0 aliphatic rings. The minimum Gasteiger partial charge on any atom is -0.370 e. The lowest BCUT2D eigenvalue weighted by Crippen LogP contribution is -2.07. The average molecular weight is 267 g/mol. The lowest BCUT2D eigenvalue weighted by molar-refractivity contribution is 0.631. The Morgan fingerprint density at radius 1 is 1.22 bits per heavy atom. The molecular weight excluding hydrogens is 242 g/mol. The van der Waals surface area contributed by atoms with E-state index in [1.165, 1.54) is 12.0 Å². The van der Waals surface area contributed by atoms with Crippen LogP contribution in [0.4, 0.5) is 5.82 Å². The predicted molar refractivity (Wildman–Crippen MR) is 80.5 cm³/mol. The summed E-state index contributed by atoms with van der Waals surface area (Å²) in [6, 6.07) is 0. The largest absolute Gasteiger partial charge is 0.370 e. The van der Waals surface area contributed by atoms with Gasteiger partial charge >= 0.3 is 0 Å². The van der Waals surface area contributed by atoms with Crippen molar-refractivity contribution >= 4 is 17.6 Å². The number of thioether (sulfide) groups is 1. The Balaban J connectivity index is 2.84. The van der Waals surface area contributed by atoms with Gasteiger partial charge in [-0.05, 0) is 31.9 Å². The first-order valence-corrected chi connectivity index (χ1v) is 7.81. The number of aromatic nitrogens is 2. The van der Waals surface area contributed by atoms with Crippen molar-refractivity contribution in [2.45, 2.75) is 52.5 Å². The lowest BCUT2D eigenvalue weighted by atomic mass is 10.2. The van der Waals surface area contributed by atoms with Gasteiger partial charge in [-0.2, -0.15) is 0 Å². The third-order valence-electron chi connectivity index (χ3n) is 2.74. The molecule has 0 atom stereocenters. The second-order valence-corrected chi connectivity index (χ2v) is 5.92. The van der Waals surface area contributed by atoms with Crippen LogP contribution in [0.3, 0.4) is 0 Å². The highest BCUT2D eigenvalue weighted by Gasteiger charge is 2.10. The van der Waals surface area contributed by atoms with Crippen LogP contribution in [0.5, 0.6) is 0 Å². The minimum absolute atomic E-state index is 0.749. The maximum atomic E-state index is 4.64. The van der Waals surface area contributed by atoms with Crippen LogP contribution in [0.15, 0.2) is 5.03 Å². The van der Waals surface area contributed by atoms with Gasteiger partial charge in [0.25, 0.3) is 0 Å². The summed E-state index contributed by atoms with van der Waals surface area (Å²) < 4.78 is 0. The van der Waals surface area contributed by atoms with Crippen LogP contribution in [0.2, 0.25) is 0 Å². The molecule has 1 aromatic rings. The van der Waals surface area contributed by atoms with Crippen molar-refractivity contribution in [1.82, 2.24) is 9.97 Å². The van der Waals surface area contributed by atoms with E-state index in [0.717, 1.165) is 41.3 Å². The molecule has 1 N–H and O–H groups in total. The molecule has 0 aliphatic heterocycles. The first-order valence-electron chi connectivity index (χ1n) is 6.82. The lowest BCUT2D eigenvalue weighted by Gasteiger charge is -2.12. The molecule has 0 fully saturated rings. The summed E-state index contributed by atoms with van der Waals surface area (Å²) >= 11 is 1.85. The molecule has 0 saturated heterocycles. The third-order valence-corrected chi connectivity index (χ3v) is 3.85. The van der Waals surface area contributed by atoms with Crippen molar-refractivity contribution in [2.75, 3.05) is 17.6 Å². The minimum atomic E-state index is 0.749. The molecule has 0 amide bonds. The van der Waals surface area contributed by atoms with Crippen molar-refractivity contribution < 1.29 is 0 Å². The average Bonchev–Trinajstić information content (AvgIpc) is 2.33. The van der Waals surface area contributed by atoms with E-state index in [9.17, 15) is 0 Å². The Morgan fingerprint density at radius 2 is 1.94 bits per heavy atom. The van der Waals surface area contributed by atoms with E-state index in [1.54, 1.807) is 0 Å². The Hall–Kier alpha value is -0.770. The van der Waals surface area contributed by atoms with Gasteiger partial charge < -0.3 is 5.32 Å². The molecular formula is C14H25N3S. The van der Waals surface area contributed by atoms with E-state index < -0.39 is 0 Å². The van der Waals surface area contributed by atoms with Gasteiger partial charge in [0.15, 0.2) is 0 Å². The maximum Gasteiger partial charge on any atom is 0.133 e. The monoisotopic (exact) mass is 267 g/mol. The topological polar surface area (TPSA) is 37.8 Å². The van der Waals surface area contributed by atoms with E-state index in [4.69, 9.17) is 0 Å². The summed E-state index contributed by atoms with van der Waals surface area (Å²) in [5.74, 6) is 3.81. The summed E-state index contributed by atoms with van der Waals surface area (Å²) in [5.41, 5.74) is 1.18. The van der Waals surface area contributed by atoms with Gasteiger partial charge in [0.2, 0.25) is 0 Å². The van der Waals surface area contributed by atoms with Gasteiger partial charge in [-0.1, -0.05) is 20.8 Å². The molecule has 1 heterocycles. The van der Waals surface area contributed by atoms with Crippen LogP contribution in [0.25, 0.3) is 0 Å². The van der Waals surface area contributed by atoms with Gasteiger partial charge in [-0.15, -0.1) is 11.8 Å². The summed E-state index contributed by atoms with van der Waals surface area (Å²) in [7, 11) is 0. The number of rotatable bonds is 7. The Morgan fingerprint density at radius 3 is 2.50 bits per heavy atom. The first kappa shape index (κ1) is 15.3. The van der Waals surface area contributed by atoms with Crippen molar-refractivity contribution in [1.29, 1.82) is 0 Å². The van der Waals surface area contributed by atoms with Crippen molar-refractivity contribution in [2.24, 2.45) is 5.92 Å². The highest BCUT2D eigenvalue weighted by atomic mass is 32.2. The number of aryl methyl sites for hydroxylation is 1. The van der Waals surface area contributed by atoms with E-state index in [1.807, 2.05) is 11.8 Å². The van der Waals surface area contributed by atoms with E-state index in [-0.39, 0.29) is 0 Å². The normalized spacial score (nSPS) is 11.0. The van der Waals surface area contributed by atoms with Gasteiger partial charge in [-0.25, -0.2) is 9.97 Å². The standard InChI is InChI=1S/C14H25N3S/c1-6-12-16-13(15-7-2)11(5)14(17-12)18-9-8-10(3)4/h10H,6-9H2,1-5H3,(H,15,16,17). The van der Waals surface area contributed by atoms with Gasteiger partial charge in [-0.3, -0.25) is 0 Å². The van der Waals surface area contributed by atoms with Crippen LogP contribution in [-0.2, 0) is 6.42 Å². The first-order chi connectivity index (χ1) is 8.58. The zero-order valence-corrected chi connectivity index (χ0v) is 13.0. The van der Waals surface area contributed by atoms with Crippen LogP contribution < -0.4 is 5.32 Å². The van der Waals surface area contributed by atoms with E-state index >= 15 is 0 Å². The van der Waals surface area contributed by atoms with Crippen molar-refractivity contribution in [3.63, 3.8) is 0 Å². The van der Waals surface area contributed by atoms with Gasteiger partial charge in [0, 0.05) is 18.5 Å². The van der Waals surface area contributed by atoms with Crippen molar-refractivity contribution in [3.8, 4) is 0 Å². The predicted octanol–water partition coefficient (Wildman–Crippen LogP) is 3.92. The molecule has 102 valence electrons. The second kappa shape index (κ2) is 7.62. The number of anilines is 1. The number of hydrogen-bond donors (Lipinski definition) is 1. The Bertz CT molecular complexity index is 378. The number of hydrogen-bond acceptors (Lipinski definition) is 4. The molecule has 0 aromatic carbocycles. The summed E-state index contributed by atoms with van der Waals surface area (Å²) in [5, 5.41) is 4.46. The smallest absolute Gasteiger partial charge is 0.133 e. The number of nitrogens with zero attached hydrogens (tertiary/aromatic N) is 2. The molecule has 0 unspecified atom stereocenters. The molecule has 4 heteroatoms. The quantitative estimate of drug-likeness (QED) is 0.600. The fourth-order valence-electron chi connectivity index (χ4n) is 1.57. The SMILES string of the molecule is CCNc1nc(CC)nc(SCCC(C)C)c1C. The van der Waals surface area contributed by atoms with Crippen LogP contribution in [-0.4, -0.2) is 22.3 Å². The fraction of sp³-hybridized carbons (Fsp3) is 0.714. The van der Waals surface area contributed by atoms with Gasteiger partial charge in [0.1, 0.15) is 16.7 Å². The van der Waals surface area contributed by atoms with Gasteiger partial charge in [0.05, 0.1) is 0 Å². The van der Waals surface area contributed by atoms with Crippen LogP contribution >= 0.6 is 11.8 Å². The zero-order chi connectivity index (χ0) is 13.5. The molecule has 0 bridgehead atoms. The molecule has 0 radical (unpaired) electrons. The molecule has 1 aromatic heterocycles. The second-order valence-electron chi connectivity index (χ2n) is 4.83. The Kier molecular flexibility index (Phi) is 6.47. The Labute approximate surface area is 115 Å². The zero-order valence-electron chi connectivity index (χ0n) is 12.2. The number of nitrogens with one attached hydrogen (secondary N) is 1. The summed E-state index contributed by atoms with van der Waals surface area (Å²) in [6.45, 7) is 11.7. The molecule has 0 saturated carbocycles. The van der Waals surface area contributed by atoms with Crippen LogP contribution in [0, 0.1) is 12.8 Å². The highest BCUT2D eigenvalue weighted by molar-refractivity contribution is 7.99. The maximum absolute atomic E-state index is 4.64. The summed E-state index contributed by atoms with van der Waals surface area (Å²) in [6.07, 6.45) is 2.11. The van der Waals surface area contributed by atoms with E-state index in [0.29, 0.717) is 0 Å². The molecule has 0 aliphatic carbocycles. The summed E-state index contributed by atoms with van der Waals surface area (Å²) in [4.78, 5) is 9.19. The molecule has 3 nitrogen and oxygen atoms in total. The molecule has 1 rings (SSSR count). The van der Waals surface area contributed by atoms with Crippen LogP contribution in [0.1, 0.15) is 45.5 Å². The fourth-order valence-corrected chi connectivity index (χ4v) is 2.84. The highest BCUT2D eigenvalue weighted by Crippen LogP contribution is 2.26. The van der Waals surface area contributed by atoms with Crippen molar-refractivity contribution in [3.05, 3.63) is 11.4 Å². The third kappa shape index (κ3) is 4.48. The molecule has 18 heavy (non-hydrogen) atoms. The molecule has 0 spiro atoms.